The number of hydrogen-bond donors (Lipinski definition) is 3. The predicted octanol–water partition coefficient (Wildman–Crippen LogP) is 2.84. The molecule has 0 spiro atoms. The summed E-state index contributed by atoms with van der Waals surface area (Å²) in [6, 6.07) is 6.26. The monoisotopic (exact) mass is 352 g/mol. The van der Waals surface area contributed by atoms with Crippen LogP contribution >= 0.6 is 0 Å². The Morgan fingerprint density at radius 3 is 2.81 bits per heavy atom. The highest BCUT2D eigenvalue weighted by molar-refractivity contribution is 6.62. The minimum atomic E-state index is -0.903. The second kappa shape index (κ2) is 6.56. The van der Waals surface area contributed by atoms with Crippen molar-refractivity contribution in [1.82, 2.24) is 9.97 Å². The van der Waals surface area contributed by atoms with Gasteiger partial charge in [0.1, 0.15) is 5.82 Å². The van der Waals surface area contributed by atoms with Crippen LogP contribution in [-0.4, -0.2) is 28.2 Å². The third-order valence-electron chi connectivity index (χ3n) is 5.29. The van der Waals surface area contributed by atoms with Crippen molar-refractivity contribution in [2.45, 2.75) is 58.1 Å². The largest absolute Gasteiger partial charge is 0.492 e. The number of hydrogen-bond acceptors (Lipinski definition) is 6. The van der Waals surface area contributed by atoms with Crippen LogP contribution in [0.5, 0.6) is 0 Å². The Balaban J connectivity index is 1.62. The van der Waals surface area contributed by atoms with E-state index in [1.807, 2.05) is 45.2 Å². The van der Waals surface area contributed by atoms with E-state index >= 15 is 0 Å². The molecule has 0 unspecified atom stereocenters. The summed E-state index contributed by atoms with van der Waals surface area (Å²) >= 11 is 0. The third kappa shape index (κ3) is 3.17. The standard InChI is InChI=1S/C19H25BN4O2/c1-12-11-21-18(24-17(12)22-13-7-4-5-8-13)23-15-10-6-9-14-16(15)19(2,3)26-20(14)25/h6,9-11,13,25H,4-5,7-8H2,1-3H3,(H2,21,22,23,24). The molecule has 7 heteroatoms. The van der Waals surface area contributed by atoms with Crippen LogP contribution < -0.4 is 16.1 Å². The van der Waals surface area contributed by atoms with Crippen LogP contribution in [-0.2, 0) is 10.3 Å². The molecule has 2 heterocycles. The third-order valence-corrected chi connectivity index (χ3v) is 5.29. The van der Waals surface area contributed by atoms with Crippen molar-refractivity contribution in [3.8, 4) is 0 Å². The predicted molar refractivity (Wildman–Crippen MR) is 104 cm³/mol. The van der Waals surface area contributed by atoms with E-state index in [4.69, 9.17) is 4.65 Å². The Bertz CT molecular complexity index is 821. The minimum Gasteiger partial charge on any atom is -0.423 e. The smallest absolute Gasteiger partial charge is 0.423 e. The molecule has 6 nitrogen and oxygen atoms in total. The molecule has 1 aromatic heterocycles. The zero-order valence-corrected chi connectivity index (χ0v) is 15.5. The lowest BCUT2D eigenvalue weighted by molar-refractivity contribution is 0.101. The summed E-state index contributed by atoms with van der Waals surface area (Å²) in [5.74, 6) is 1.43. The lowest BCUT2D eigenvalue weighted by Crippen LogP contribution is -2.28. The summed E-state index contributed by atoms with van der Waals surface area (Å²) < 4.78 is 5.69. The van der Waals surface area contributed by atoms with Crippen LogP contribution in [0.4, 0.5) is 17.5 Å². The Labute approximate surface area is 154 Å². The van der Waals surface area contributed by atoms with Crippen LogP contribution in [0.15, 0.2) is 24.4 Å². The fraction of sp³-hybridized carbons (Fsp3) is 0.474. The van der Waals surface area contributed by atoms with Crippen molar-refractivity contribution in [2.24, 2.45) is 0 Å². The molecule has 1 aromatic carbocycles. The molecule has 2 aliphatic rings. The Hall–Kier alpha value is -2.12. The maximum absolute atomic E-state index is 10.2. The van der Waals surface area contributed by atoms with Gasteiger partial charge in [0, 0.05) is 29.1 Å². The maximum Gasteiger partial charge on any atom is 0.492 e. The number of nitrogens with one attached hydrogen (secondary N) is 2. The lowest BCUT2D eigenvalue weighted by Gasteiger charge is -2.23. The molecule has 0 amide bonds. The summed E-state index contributed by atoms with van der Waals surface area (Å²) in [6.45, 7) is 5.93. The average molecular weight is 352 g/mol. The number of benzene rings is 1. The average Bonchev–Trinajstić information content (AvgIpc) is 3.18. The van der Waals surface area contributed by atoms with Gasteiger partial charge < -0.3 is 20.3 Å². The van der Waals surface area contributed by atoms with Gasteiger partial charge in [-0.05, 0) is 45.1 Å². The van der Waals surface area contributed by atoms with E-state index in [9.17, 15) is 5.02 Å². The summed E-state index contributed by atoms with van der Waals surface area (Å²) in [5.41, 5.74) is 3.06. The number of fused-ring (bicyclic) bond motifs is 1. The molecule has 0 bridgehead atoms. The molecule has 3 N–H and O–H groups in total. The van der Waals surface area contributed by atoms with E-state index in [0.717, 1.165) is 28.1 Å². The lowest BCUT2D eigenvalue weighted by atomic mass is 9.78. The number of aromatic nitrogens is 2. The normalized spacial score (nSPS) is 18.8. The zero-order valence-electron chi connectivity index (χ0n) is 15.5. The first-order valence-corrected chi connectivity index (χ1v) is 9.30. The van der Waals surface area contributed by atoms with E-state index < -0.39 is 12.7 Å². The van der Waals surface area contributed by atoms with Crippen LogP contribution in [0.25, 0.3) is 0 Å². The molecule has 0 atom stereocenters. The van der Waals surface area contributed by atoms with Crippen LogP contribution in [0.1, 0.15) is 50.7 Å². The van der Waals surface area contributed by atoms with Crippen molar-refractivity contribution in [2.75, 3.05) is 10.6 Å². The Morgan fingerprint density at radius 1 is 1.27 bits per heavy atom. The zero-order chi connectivity index (χ0) is 18.3. The van der Waals surface area contributed by atoms with E-state index in [0.29, 0.717) is 12.0 Å². The molecule has 1 aliphatic heterocycles. The van der Waals surface area contributed by atoms with Gasteiger partial charge in [0.2, 0.25) is 5.95 Å². The molecule has 2 aromatic rings. The molecule has 0 radical (unpaired) electrons. The van der Waals surface area contributed by atoms with Crippen LogP contribution in [0, 0.1) is 6.92 Å². The highest BCUT2D eigenvalue weighted by atomic mass is 16.5. The molecular formula is C19H25BN4O2. The summed E-state index contributed by atoms with van der Waals surface area (Å²) in [4.78, 5) is 9.12. The fourth-order valence-corrected chi connectivity index (χ4v) is 3.99. The Kier molecular flexibility index (Phi) is 4.36. The quantitative estimate of drug-likeness (QED) is 0.735. The number of rotatable bonds is 4. The first kappa shape index (κ1) is 17.3. The van der Waals surface area contributed by atoms with Crippen molar-refractivity contribution in [3.05, 3.63) is 35.5 Å². The van der Waals surface area contributed by atoms with Gasteiger partial charge in [-0.15, -0.1) is 0 Å². The van der Waals surface area contributed by atoms with Gasteiger partial charge in [-0.3, -0.25) is 0 Å². The highest BCUT2D eigenvalue weighted by Crippen LogP contribution is 2.36. The van der Waals surface area contributed by atoms with Gasteiger partial charge in [0.25, 0.3) is 0 Å². The fourth-order valence-electron chi connectivity index (χ4n) is 3.99. The van der Waals surface area contributed by atoms with Gasteiger partial charge in [-0.1, -0.05) is 25.0 Å². The number of aryl methyl sites for hydroxylation is 1. The van der Waals surface area contributed by atoms with Crippen LogP contribution in [0.3, 0.4) is 0 Å². The molecular weight excluding hydrogens is 327 g/mol. The van der Waals surface area contributed by atoms with Crippen molar-refractivity contribution >= 4 is 30.0 Å². The minimum absolute atomic E-state index is 0.500. The van der Waals surface area contributed by atoms with Crippen molar-refractivity contribution < 1.29 is 9.68 Å². The van der Waals surface area contributed by atoms with E-state index in [-0.39, 0.29) is 0 Å². The molecule has 136 valence electrons. The Morgan fingerprint density at radius 2 is 2.04 bits per heavy atom. The second-order valence-electron chi connectivity index (χ2n) is 7.73. The number of nitrogens with zero attached hydrogens (tertiary/aromatic N) is 2. The van der Waals surface area contributed by atoms with E-state index in [1.165, 1.54) is 25.7 Å². The van der Waals surface area contributed by atoms with Gasteiger partial charge in [-0.25, -0.2) is 4.98 Å². The maximum atomic E-state index is 10.2. The van der Waals surface area contributed by atoms with Gasteiger partial charge >= 0.3 is 7.12 Å². The van der Waals surface area contributed by atoms with E-state index in [1.54, 1.807) is 0 Å². The van der Waals surface area contributed by atoms with Crippen LogP contribution in [0.2, 0.25) is 0 Å². The first-order valence-electron chi connectivity index (χ1n) is 9.30. The van der Waals surface area contributed by atoms with Gasteiger partial charge in [0.15, 0.2) is 0 Å². The van der Waals surface area contributed by atoms with Crippen molar-refractivity contribution in [1.29, 1.82) is 0 Å². The second-order valence-corrected chi connectivity index (χ2v) is 7.73. The SMILES string of the molecule is Cc1cnc(Nc2cccc3c2C(C)(C)OB3O)nc1NC1CCCC1. The van der Waals surface area contributed by atoms with Gasteiger partial charge in [-0.2, -0.15) is 4.98 Å². The summed E-state index contributed by atoms with van der Waals surface area (Å²) in [7, 11) is -0.903. The number of anilines is 3. The van der Waals surface area contributed by atoms with Crippen molar-refractivity contribution in [3.63, 3.8) is 0 Å². The molecule has 0 saturated heterocycles. The van der Waals surface area contributed by atoms with E-state index in [2.05, 4.69) is 20.6 Å². The van der Waals surface area contributed by atoms with Gasteiger partial charge in [0.05, 0.1) is 5.60 Å². The summed E-state index contributed by atoms with van der Waals surface area (Å²) in [6.07, 6.45) is 6.79. The molecule has 26 heavy (non-hydrogen) atoms. The summed E-state index contributed by atoms with van der Waals surface area (Å²) in [5, 5.41) is 17.0. The highest BCUT2D eigenvalue weighted by Gasteiger charge is 2.42. The molecule has 1 fully saturated rings. The molecule has 1 saturated carbocycles. The molecule has 4 rings (SSSR count). The first-order chi connectivity index (χ1) is 12.4. The molecule has 1 aliphatic carbocycles. The topological polar surface area (TPSA) is 79.3 Å².